The van der Waals surface area contributed by atoms with E-state index in [1.807, 2.05) is 0 Å². The van der Waals surface area contributed by atoms with Crippen molar-refractivity contribution >= 4 is 5.69 Å². The Labute approximate surface area is 116 Å². The van der Waals surface area contributed by atoms with E-state index in [9.17, 15) is 4.39 Å². The van der Waals surface area contributed by atoms with Crippen LogP contribution in [0.25, 0.3) is 0 Å². The summed E-state index contributed by atoms with van der Waals surface area (Å²) in [6.07, 6.45) is 5.41. The number of nitrogens with zero attached hydrogens (tertiary/aromatic N) is 1. The normalized spacial score (nSPS) is 17.6. The second kappa shape index (κ2) is 7.49. The fraction of sp³-hybridized carbons (Fsp3) is 0.625. The highest BCUT2D eigenvalue weighted by atomic mass is 19.1. The van der Waals surface area contributed by atoms with Gasteiger partial charge in [0.2, 0.25) is 0 Å². The lowest BCUT2D eigenvalue weighted by atomic mass is 9.92. The lowest BCUT2D eigenvalue weighted by molar-refractivity contribution is 0.184. The van der Waals surface area contributed by atoms with E-state index in [1.165, 1.54) is 50.9 Å². The minimum Gasteiger partial charge on any atom is -0.384 e. The summed E-state index contributed by atoms with van der Waals surface area (Å²) in [5, 5.41) is 3.35. The number of rotatable bonds is 6. The van der Waals surface area contributed by atoms with Crippen LogP contribution >= 0.6 is 0 Å². The van der Waals surface area contributed by atoms with Crippen molar-refractivity contribution < 1.29 is 4.39 Å². The molecule has 1 aromatic carbocycles. The molecular weight excluding hydrogens is 239 g/mol. The summed E-state index contributed by atoms with van der Waals surface area (Å²) in [6, 6.07) is 6.59. The van der Waals surface area contributed by atoms with Crippen molar-refractivity contribution in [3.63, 3.8) is 0 Å². The van der Waals surface area contributed by atoms with Crippen LogP contribution in [-0.4, -0.2) is 31.1 Å². The molecule has 0 aliphatic carbocycles. The first kappa shape index (κ1) is 14.3. The summed E-state index contributed by atoms with van der Waals surface area (Å²) >= 11 is 0. The maximum Gasteiger partial charge on any atom is 0.123 e. The minimum atomic E-state index is -0.177. The summed E-state index contributed by atoms with van der Waals surface area (Å²) in [5.74, 6) is 0.773. The van der Waals surface area contributed by atoms with Crippen LogP contribution in [0.1, 0.15) is 32.6 Å². The van der Waals surface area contributed by atoms with Gasteiger partial charge in [-0.15, -0.1) is 0 Å². The summed E-state index contributed by atoms with van der Waals surface area (Å²) in [4.78, 5) is 2.53. The second-order valence-corrected chi connectivity index (χ2v) is 5.51. The van der Waals surface area contributed by atoms with E-state index in [-0.39, 0.29) is 5.82 Å². The van der Waals surface area contributed by atoms with Crippen LogP contribution in [0.2, 0.25) is 0 Å². The lowest BCUT2D eigenvalue weighted by Gasteiger charge is -2.31. The molecule has 1 aliphatic heterocycles. The average molecular weight is 264 g/mol. The third-order valence-electron chi connectivity index (χ3n) is 4.01. The highest BCUT2D eigenvalue weighted by Crippen LogP contribution is 2.21. The fourth-order valence-electron chi connectivity index (χ4n) is 2.83. The smallest absolute Gasteiger partial charge is 0.123 e. The van der Waals surface area contributed by atoms with Gasteiger partial charge in [0.15, 0.2) is 0 Å². The zero-order valence-corrected chi connectivity index (χ0v) is 11.9. The second-order valence-electron chi connectivity index (χ2n) is 5.51. The monoisotopic (exact) mass is 264 g/mol. The first-order valence-electron chi connectivity index (χ1n) is 7.49. The summed E-state index contributed by atoms with van der Waals surface area (Å²) < 4.78 is 12.8. The van der Waals surface area contributed by atoms with Crippen LogP contribution in [0.5, 0.6) is 0 Å². The number of piperidine rings is 1. The van der Waals surface area contributed by atoms with E-state index in [2.05, 4.69) is 17.1 Å². The van der Waals surface area contributed by atoms with E-state index in [0.717, 1.165) is 24.7 Å². The Balaban J connectivity index is 1.63. The number of hydrogen-bond donors (Lipinski definition) is 1. The Kier molecular flexibility index (Phi) is 5.64. The largest absolute Gasteiger partial charge is 0.384 e. The molecule has 0 atom stereocenters. The number of nitrogens with one attached hydrogen (secondary N) is 1. The number of benzene rings is 1. The van der Waals surface area contributed by atoms with Gasteiger partial charge in [0, 0.05) is 18.8 Å². The van der Waals surface area contributed by atoms with Crippen molar-refractivity contribution in [2.75, 3.05) is 31.5 Å². The first-order valence-corrected chi connectivity index (χ1v) is 7.49. The summed E-state index contributed by atoms with van der Waals surface area (Å²) in [5.41, 5.74) is 1.00. The minimum absolute atomic E-state index is 0.177. The molecule has 1 aromatic rings. The number of likely N-dealkylation sites (tertiary alicyclic amines) is 1. The Hall–Kier alpha value is -1.09. The number of halogens is 1. The first-order chi connectivity index (χ1) is 9.28. The molecule has 19 heavy (non-hydrogen) atoms. The SMILES string of the molecule is CCCC1CCN(CCNc2ccc(F)cc2)CC1. The van der Waals surface area contributed by atoms with Gasteiger partial charge in [-0.05, 0) is 56.1 Å². The van der Waals surface area contributed by atoms with Gasteiger partial charge in [-0.1, -0.05) is 19.8 Å². The zero-order chi connectivity index (χ0) is 13.5. The van der Waals surface area contributed by atoms with Gasteiger partial charge >= 0.3 is 0 Å². The number of anilines is 1. The molecule has 0 saturated carbocycles. The molecule has 0 aromatic heterocycles. The molecule has 0 bridgehead atoms. The number of hydrogen-bond acceptors (Lipinski definition) is 2. The predicted octanol–water partition coefficient (Wildman–Crippen LogP) is 3.75. The zero-order valence-electron chi connectivity index (χ0n) is 11.9. The summed E-state index contributed by atoms with van der Waals surface area (Å²) in [6.45, 7) is 6.75. The van der Waals surface area contributed by atoms with Crippen LogP contribution in [0.15, 0.2) is 24.3 Å². The highest BCUT2D eigenvalue weighted by molar-refractivity contribution is 5.42. The molecule has 2 rings (SSSR count). The molecule has 106 valence electrons. The van der Waals surface area contributed by atoms with Crippen molar-refractivity contribution in [3.05, 3.63) is 30.1 Å². The van der Waals surface area contributed by atoms with Gasteiger partial charge in [0.1, 0.15) is 5.82 Å². The van der Waals surface area contributed by atoms with Crippen LogP contribution in [0.4, 0.5) is 10.1 Å². The molecule has 2 nitrogen and oxygen atoms in total. The average Bonchev–Trinajstić information content (AvgIpc) is 2.43. The molecule has 1 heterocycles. The standard InChI is InChI=1S/C16H25FN2/c1-2-3-14-8-11-19(12-9-14)13-10-18-16-6-4-15(17)5-7-16/h4-7,14,18H,2-3,8-13H2,1H3. The van der Waals surface area contributed by atoms with Crippen molar-refractivity contribution in [1.82, 2.24) is 4.90 Å². The van der Waals surface area contributed by atoms with Crippen LogP contribution in [0, 0.1) is 11.7 Å². The summed E-state index contributed by atoms with van der Waals surface area (Å²) in [7, 11) is 0. The lowest BCUT2D eigenvalue weighted by Crippen LogP contribution is -2.36. The molecule has 1 saturated heterocycles. The quantitative estimate of drug-likeness (QED) is 0.842. The van der Waals surface area contributed by atoms with Crippen LogP contribution < -0.4 is 5.32 Å². The Morgan fingerprint density at radius 1 is 1.21 bits per heavy atom. The fourth-order valence-corrected chi connectivity index (χ4v) is 2.83. The van der Waals surface area contributed by atoms with Crippen molar-refractivity contribution in [2.45, 2.75) is 32.6 Å². The van der Waals surface area contributed by atoms with Gasteiger partial charge in [-0.25, -0.2) is 4.39 Å². The van der Waals surface area contributed by atoms with Crippen molar-refractivity contribution in [1.29, 1.82) is 0 Å². The van der Waals surface area contributed by atoms with Gasteiger partial charge < -0.3 is 10.2 Å². The maximum absolute atomic E-state index is 12.8. The third-order valence-corrected chi connectivity index (χ3v) is 4.01. The molecule has 0 amide bonds. The van der Waals surface area contributed by atoms with Crippen molar-refractivity contribution in [3.8, 4) is 0 Å². The molecule has 1 N–H and O–H groups in total. The molecule has 0 radical (unpaired) electrons. The van der Waals surface area contributed by atoms with Gasteiger partial charge in [0.25, 0.3) is 0 Å². The maximum atomic E-state index is 12.8. The molecule has 0 unspecified atom stereocenters. The van der Waals surface area contributed by atoms with Gasteiger partial charge in [-0.3, -0.25) is 0 Å². The Bertz CT molecular complexity index is 356. The van der Waals surface area contributed by atoms with E-state index < -0.39 is 0 Å². The molecular formula is C16H25FN2. The van der Waals surface area contributed by atoms with Crippen LogP contribution in [0.3, 0.4) is 0 Å². The highest BCUT2D eigenvalue weighted by Gasteiger charge is 2.17. The Morgan fingerprint density at radius 2 is 1.89 bits per heavy atom. The van der Waals surface area contributed by atoms with Crippen LogP contribution in [-0.2, 0) is 0 Å². The molecule has 0 spiro atoms. The van der Waals surface area contributed by atoms with Gasteiger partial charge in [0.05, 0.1) is 0 Å². The van der Waals surface area contributed by atoms with E-state index in [0.29, 0.717) is 0 Å². The third kappa shape index (κ3) is 4.83. The molecule has 1 aliphatic rings. The van der Waals surface area contributed by atoms with E-state index in [4.69, 9.17) is 0 Å². The van der Waals surface area contributed by atoms with E-state index >= 15 is 0 Å². The van der Waals surface area contributed by atoms with Gasteiger partial charge in [-0.2, -0.15) is 0 Å². The molecule has 1 fully saturated rings. The Morgan fingerprint density at radius 3 is 2.53 bits per heavy atom. The molecule has 3 heteroatoms. The predicted molar refractivity (Wildman–Crippen MR) is 79.0 cm³/mol. The van der Waals surface area contributed by atoms with Crippen molar-refractivity contribution in [2.24, 2.45) is 5.92 Å². The van der Waals surface area contributed by atoms with E-state index in [1.54, 1.807) is 12.1 Å². The topological polar surface area (TPSA) is 15.3 Å².